The highest BCUT2D eigenvalue weighted by Gasteiger charge is 2.21. The molecule has 0 radical (unpaired) electrons. The molecule has 1 aromatic carbocycles. The molecule has 0 bridgehead atoms. The van der Waals surface area contributed by atoms with Crippen molar-refractivity contribution in [3.63, 3.8) is 0 Å². The van der Waals surface area contributed by atoms with E-state index in [4.69, 9.17) is 4.42 Å². The Bertz CT molecular complexity index is 591. The average molecular weight is 282 g/mol. The third-order valence-electron chi connectivity index (χ3n) is 3.14. The number of oxazole rings is 1. The van der Waals surface area contributed by atoms with Gasteiger partial charge in [-0.2, -0.15) is 0 Å². The summed E-state index contributed by atoms with van der Waals surface area (Å²) in [6.45, 7) is 2.72. The average Bonchev–Trinajstić information content (AvgIpc) is 2.95. The van der Waals surface area contributed by atoms with Gasteiger partial charge in [0.05, 0.1) is 6.04 Å². The Morgan fingerprint density at radius 2 is 2.37 bits per heavy atom. The van der Waals surface area contributed by atoms with Crippen LogP contribution in [0.4, 0.5) is 5.69 Å². The van der Waals surface area contributed by atoms with E-state index in [1.54, 1.807) is 6.92 Å². The molecule has 1 amide bonds. The van der Waals surface area contributed by atoms with Crippen molar-refractivity contribution in [1.82, 2.24) is 10.3 Å². The first-order chi connectivity index (χ1) is 8.72. The van der Waals surface area contributed by atoms with Crippen LogP contribution in [0.1, 0.15) is 18.7 Å². The van der Waals surface area contributed by atoms with Gasteiger partial charge in [-0.3, -0.25) is 4.79 Å². The number of hydrogen-bond donors (Lipinski definition) is 2. The molecule has 0 aliphatic carbocycles. The molecule has 5 nitrogen and oxygen atoms in total. The van der Waals surface area contributed by atoms with E-state index in [1.165, 1.54) is 0 Å². The first-order valence-corrected chi connectivity index (χ1v) is 6.14. The van der Waals surface area contributed by atoms with Gasteiger partial charge >= 0.3 is 0 Å². The van der Waals surface area contributed by atoms with Crippen LogP contribution in [-0.4, -0.2) is 23.5 Å². The molecule has 1 atom stereocenters. The second kappa shape index (κ2) is 5.59. The topological polar surface area (TPSA) is 67.2 Å². The molecule has 3 rings (SSSR count). The molecule has 2 N–H and O–H groups in total. The van der Waals surface area contributed by atoms with E-state index in [0.29, 0.717) is 5.89 Å². The number of hydrogen-bond acceptors (Lipinski definition) is 4. The predicted octanol–water partition coefficient (Wildman–Crippen LogP) is 2.25. The van der Waals surface area contributed by atoms with Crippen LogP contribution in [0, 0.1) is 6.92 Å². The Labute approximate surface area is 117 Å². The number of amides is 1. The third-order valence-corrected chi connectivity index (χ3v) is 3.14. The van der Waals surface area contributed by atoms with Crippen molar-refractivity contribution in [2.24, 2.45) is 0 Å². The molecule has 1 unspecified atom stereocenters. The third kappa shape index (κ3) is 2.88. The Kier molecular flexibility index (Phi) is 4.07. The van der Waals surface area contributed by atoms with Crippen LogP contribution in [0.3, 0.4) is 0 Å². The van der Waals surface area contributed by atoms with E-state index in [-0.39, 0.29) is 24.4 Å². The Morgan fingerprint density at radius 1 is 1.53 bits per heavy atom. The second-order valence-electron chi connectivity index (χ2n) is 4.55. The van der Waals surface area contributed by atoms with Crippen molar-refractivity contribution in [1.29, 1.82) is 0 Å². The molecule has 1 saturated heterocycles. The quantitative estimate of drug-likeness (QED) is 0.886. The molecule has 1 aliphatic rings. The maximum Gasteiger partial charge on any atom is 0.241 e. The fraction of sp³-hybridized carbons (Fsp3) is 0.385. The summed E-state index contributed by atoms with van der Waals surface area (Å²) in [4.78, 5) is 16.2. The first-order valence-electron chi connectivity index (χ1n) is 6.14. The van der Waals surface area contributed by atoms with Crippen LogP contribution in [-0.2, 0) is 4.79 Å². The fourth-order valence-corrected chi connectivity index (χ4v) is 2.26. The maximum atomic E-state index is 11.9. The van der Waals surface area contributed by atoms with Crippen molar-refractivity contribution in [2.75, 3.05) is 11.9 Å². The van der Waals surface area contributed by atoms with Gasteiger partial charge in [-0.15, -0.1) is 12.4 Å². The monoisotopic (exact) mass is 281 g/mol. The van der Waals surface area contributed by atoms with E-state index in [1.807, 2.05) is 18.2 Å². The lowest BCUT2D eigenvalue weighted by Crippen LogP contribution is -2.35. The van der Waals surface area contributed by atoms with E-state index < -0.39 is 0 Å². The molecule has 2 aromatic rings. The van der Waals surface area contributed by atoms with Crippen LogP contribution in [0.25, 0.3) is 11.1 Å². The number of aromatic nitrogens is 1. The number of benzene rings is 1. The SMILES string of the molecule is Cc1nc2cc(NC(=O)C3CCCN3)ccc2o1.Cl. The normalized spacial score (nSPS) is 18.3. The number of rotatable bonds is 2. The predicted molar refractivity (Wildman–Crippen MR) is 75.6 cm³/mol. The van der Waals surface area contributed by atoms with Crippen LogP contribution < -0.4 is 10.6 Å². The second-order valence-corrected chi connectivity index (χ2v) is 4.55. The standard InChI is InChI=1S/C13H15N3O2.ClH/c1-8-15-11-7-9(4-5-12(11)18-8)16-13(17)10-3-2-6-14-10;/h4-5,7,10,14H,2-3,6H2,1H3,(H,16,17);1H. The van der Waals surface area contributed by atoms with Gasteiger partial charge in [0.1, 0.15) is 5.52 Å². The van der Waals surface area contributed by atoms with Crippen molar-refractivity contribution in [2.45, 2.75) is 25.8 Å². The van der Waals surface area contributed by atoms with Crippen molar-refractivity contribution < 1.29 is 9.21 Å². The minimum atomic E-state index is -0.0697. The number of fused-ring (bicyclic) bond motifs is 1. The van der Waals surface area contributed by atoms with Gasteiger partial charge in [0.2, 0.25) is 5.91 Å². The molecule has 0 saturated carbocycles. The minimum absolute atomic E-state index is 0. The van der Waals surface area contributed by atoms with Gasteiger partial charge < -0.3 is 15.1 Å². The Morgan fingerprint density at radius 3 is 3.11 bits per heavy atom. The maximum absolute atomic E-state index is 11.9. The Hall–Kier alpha value is -1.59. The van der Waals surface area contributed by atoms with Crippen molar-refractivity contribution >= 4 is 35.1 Å². The van der Waals surface area contributed by atoms with Crippen LogP contribution >= 0.6 is 12.4 Å². The number of carbonyl (C=O) groups is 1. The van der Waals surface area contributed by atoms with Gasteiger partial charge in [0.25, 0.3) is 0 Å². The first kappa shape index (κ1) is 13.8. The summed E-state index contributed by atoms with van der Waals surface area (Å²) in [6.07, 6.45) is 1.96. The number of anilines is 1. The molecular weight excluding hydrogens is 266 g/mol. The summed E-state index contributed by atoms with van der Waals surface area (Å²) in [6, 6.07) is 5.42. The number of aryl methyl sites for hydroxylation is 1. The zero-order valence-corrected chi connectivity index (χ0v) is 11.4. The van der Waals surface area contributed by atoms with E-state index in [0.717, 1.165) is 36.2 Å². The molecule has 0 spiro atoms. The summed E-state index contributed by atoms with van der Waals surface area (Å²) in [7, 11) is 0. The highest BCUT2D eigenvalue weighted by Crippen LogP contribution is 2.20. The molecule has 1 fully saturated rings. The van der Waals surface area contributed by atoms with Crippen molar-refractivity contribution in [3.05, 3.63) is 24.1 Å². The van der Waals surface area contributed by atoms with Crippen molar-refractivity contribution in [3.8, 4) is 0 Å². The van der Waals surface area contributed by atoms with Gasteiger partial charge in [-0.05, 0) is 37.6 Å². The molecule has 6 heteroatoms. The molecule has 1 aromatic heterocycles. The number of nitrogens with zero attached hydrogens (tertiary/aromatic N) is 1. The number of carbonyl (C=O) groups excluding carboxylic acids is 1. The van der Waals surface area contributed by atoms with Gasteiger partial charge in [0, 0.05) is 12.6 Å². The largest absolute Gasteiger partial charge is 0.441 e. The smallest absolute Gasteiger partial charge is 0.241 e. The Balaban J connectivity index is 0.00000133. The minimum Gasteiger partial charge on any atom is -0.441 e. The molecule has 19 heavy (non-hydrogen) atoms. The summed E-state index contributed by atoms with van der Waals surface area (Å²) < 4.78 is 5.39. The molecule has 2 heterocycles. The highest BCUT2D eigenvalue weighted by molar-refractivity contribution is 5.96. The summed E-state index contributed by atoms with van der Waals surface area (Å²) >= 11 is 0. The summed E-state index contributed by atoms with van der Waals surface area (Å²) in [5.41, 5.74) is 2.27. The van der Waals surface area contributed by atoms with Crippen LogP contribution in [0.2, 0.25) is 0 Å². The zero-order valence-electron chi connectivity index (χ0n) is 10.6. The zero-order chi connectivity index (χ0) is 12.5. The fourth-order valence-electron chi connectivity index (χ4n) is 2.26. The lowest BCUT2D eigenvalue weighted by molar-refractivity contribution is -0.117. The van der Waals surface area contributed by atoms with E-state index in [2.05, 4.69) is 15.6 Å². The van der Waals surface area contributed by atoms with Gasteiger partial charge in [-0.1, -0.05) is 0 Å². The van der Waals surface area contributed by atoms with Gasteiger partial charge in [-0.25, -0.2) is 4.98 Å². The van der Waals surface area contributed by atoms with E-state index in [9.17, 15) is 4.79 Å². The molecule has 1 aliphatic heterocycles. The van der Waals surface area contributed by atoms with Gasteiger partial charge in [0.15, 0.2) is 11.5 Å². The van der Waals surface area contributed by atoms with E-state index >= 15 is 0 Å². The summed E-state index contributed by atoms with van der Waals surface area (Å²) in [5.74, 6) is 0.651. The number of halogens is 1. The number of nitrogens with one attached hydrogen (secondary N) is 2. The lowest BCUT2D eigenvalue weighted by Gasteiger charge is -2.10. The summed E-state index contributed by atoms with van der Waals surface area (Å²) in [5, 5.41) is 6.07. The highest BCUT2D eigenvalue weighted by atomic mass is 35.5. The molecule has 102 valence electrons. The lowest BCUT2D eigenvalue weighted by atomic mass is 10.2. The van der Waals surface area contributed by atoms with Crippen LogP contribution in [0.5, 0.6) is 0 Å². The molecular formula is C13H16ClN3O2. The van der Waals surface area contributed by atoms with Crippen LogP contribution in [0.15, 0.2) is 22.6 Å².